The van der Waals surface area contributed by atoms with Gasteiger partial charge in [0.1, 0.15) is 11.4 Å². The van der Waals surface area contributed by atoms with Crippen molar-refractivity contribution in [1.29, 1.82) is 0 Å². The van der Waals surface area contributed by atoms with Gasteiger partial charge in [0.25, 0.3) is 8.32 Å². The van der Waals surface area contributed by atoms with E-state index in [1.165, 1.54) is 33.0 Å². The summed E-state index contributed by atoms with van der Waals surface area (Å²) in [7, 11) is -2.10. The maximum Gasteiger partial charge on any atom is 0.277 e. The molecule has 2 heterocycles. The van der Waals surface area contributed by atoms with Gasteiger partial charge in [0.2, 0.25) is 0 Å². The van der Waals surface area contributed by atoms with Gasteiger partial charge in [0.15, 0.2) is 0 Å². The Labute approximate surface area is 176 Å². The van der Waals surface area contributed by atoms with Crippen molar-refractivity contribution in [2.75, 3.05) is 0 Å². The SMILES string of the molecule is Cc1cc(C)cc(-c2nccc3c2O[Si](C)(C)c2cc(CC(C)(C)C)ccc2-3)c1. The van der Waals surface area contributed by atoms with Gasteiger partial charge in [-0.15, -0.1) is 0 Å². The average Bonchev–Trinajstić information content (AvgIpc) is 2.59. The molecule has 0 aliphatic carbocycles. The van der Waals surface area contributed by atoms with Gasteiger partial charge >= 0.3 is 0 Å². The van der Waals surface area contributed by atoms with E-state index in [1.54, 1.807) is 0 Å². The number of aryl methyl sites for hydroxylation is 2. The third-order valence-electron chi connectivity index (χ3n) is 5.51. The van der Waals surface area contributed by atoms with Gasteiger partial charge in [-0.3, -0.25) is 4.98 Å². The topological polar surface area (TPSA) is 22.1 Å². The molecule has 0 N–H and O–H groups in total. The van der Waals surface area contributed by atoms with E-state index in [2.05, 4.69) is 90.2 Å². The van der Waals surface area contributed by atoms with Crippen LogP contribution in [0.25, 0.3) is 22.4 Å². The summed E-state index contributed by atoms with van der Waals surface area (Å²) in [6.07, 6.45) is 2.99. The van der Waals surface area contributed by atoms with Crippen LogP contribution in [0.1, 0.15) is 37.5 Å². The van der Waals surface area contributed by atoms with E-state index in [4.69, 9.17) is 9.41 Å². The first-order valence-corrected chi connectivity index (χ1v) is 13.3. The van der Waals surface area contributed by atoms with Gasteiger partial charge in [-0.05, 0) is 73.3 Å². The fourth-order valence-corrected chi connectivity index (χ4v) is 6.66. The summed E-state index contributed by atoms with van der Waals surface area (Å²) in [6.45, 7) is 15.8. The predicted octanol–water partition coefficient (Wildman–Crippen LogP) is 6.43. The Kier molecular flexibility index (Phi) is 4.70. The highest BCUT2D eigenvalue weighted by Gasteiger charge is 2.37. The number of hydrogen-bond acceptors (Lipinski definition) is 2. The molecule has 0 radical (unpaired) electrons. The highest BCUT2D eigenvalue weighted by molar-refractivity contribution is 6.86. The van der Waals surface area contributed by atoms with Crippen molar-refractivity contribution in [2.45, 2.75) is 54.1 Å². The maximum absolute atomic E-state index is 6.77. The molecular weight excluding hydrogens is 370 g/mol. The largest absolute Gasteiger partial charge is 0.538 e. The molecule has 4 rings (SSSR count). The molecule has 3 aromatic rings. The lowest BCUT2D eigenvalue weighted by Gasteiger charge is -2.35. The van der Waals surface area contributed by atoms with Crippen molar-refractivity contribution in [3.05, 3.63) is 65.4 Å². The van der Waals surface area contributed by atoms with E-state index in [0.29, 0.717) is 0 Å². The lowest BCUT2D eigenvalue weighted by atomic mass is 9.87. The lowest BCUT2D eigenvalue weighted by Crippen LogP contribution is -2.51. The number of pyridine rings is 1. The zero-order chi connectivity index (χ0) is 21.0. The third kappa shape index (κ3) is 3.88. The molecule has 0 spiro atoms. The van der Waals surface area contributed by atoms with E-state index < -0.39 is 8.32 Å². The summed E-state index contributed by atoms with van der Waals surface area (Å²) in [4.78, 5) is 4.75. The Morgan fingerprint density at radius 3 is 2.24 bits per heavy atom. The van der Waals surface area contributed by atoms with Crippen molar-refractivity contribution in [2.24, 2.45) is 5.41 Å². The fourth-order valence-electron chi connectivity index (χ4n) is 4.44. The van der Waals surface area contributed by atoms with Crippen LogP contribution in [-0.2, 0) is 6.42 Å². The lowest BCUT2D eigenvalue weighted by molar-refractivity contribution is 0.411. The number of fused-ring (bicyclic) bond motifs is 3. The van der Waals surface area contributed by atoms with Crippen LogP contribution in [-0.4, -0.2) is 13.3 Å². The molecule has 150 valence electrons. The molecule has 0 unspecified atom stereocenters. The van der Waals surface area contributed by atoms with Crippen molar-refractivity contribution in [3.8, 4) is 28.1 Å². The van der Waals surface area contributed by atoms with Crippen molar-refractivity contribution >= 4 is 13.5 Å². The quantitative estimate of drug-likeness (QED) is 0.462. The first-order chi connectivity index (χ1) is 13.5. The van der Waals surface area contributed by atoms with Crippen LogP contribution in [0.2, 0.25) is 13.1 Å². The standard InChI is InChI=1S/C26H31NOSi/c1-17-12-18(2)14-20(13-17)24-25-22(10-11-27-24)21-9-8-19(16-26(3,4)5)15-23(21)29(6,7)28-25/h8-15H,16H2,1-7H3. The minimum absolute atomic E-state index is 0.271. The van der Waals surface area contributed by atoms with Crippen molar-refractivity contribution in [1.82, 2.24) is 4.98 Å². The molecule has 0 bridgehead atoms. The van der Waals surface area contributed by atoms with Gasteiger partial charge < -0.3 is 4.43 Å². The van der Waals surface area contributed by atoms with Crippen LogP contribution >= 0.6 is 0 Å². The molecule has 2 aromatic carbocycles. The van der Waals surface area contributed by atoms with Crippen LogP contribution < -0.4 is 9.61 Å². The van der Waals surface area contributed by atoms with E-state index in [1.807, 2.05) is 6.20 Å². The Morgan fingerprint density at radius 2 is 1.59 bits per heavy atom. The highest BCUT2D eigenvalue weighted by Crippen LogP contribution is 2.42. The Hall–Kier alpha value is -2.39. The summed E-state index contributed by atoms with van der Waals surface area (Å²) in [5.74, 6) is 0.949. The predicted molar refractivity (Wildman–Crippen MR) is 125 cm³/mol. The Balaban J connectivity index is 1.89. The summed E-state index contributed by atoms with van der Waals surface area (Å²) >= 11 is 0. The zero-order valence-corrected chi connectivity index (χ0v) is 19.7. The summed E-state index contributed by atoms with van der Waals surface area (Å²) in [6, 6.07) is 15.7. The zero-order valence-electron chi connectivity index (χ0n) is 18.7. The molecule has 0 atom stereocenters. The number of rotatable bonds is 2. The molecule has 2 nitrogen and oxygen atoms in total. The fraction of sp³-hybridized carbons (Fsp3) is 0.346. The average molecular weight is 402 g/mol. The molecule has 0 amide bonds. The number of nitrogens with zero attached hydrogens (tertiary/aromatic N) is 1. The molecule has 1 aliphatic rings. The van der Waals surface area contributed by atoms with Crippen LogP contribution in [0, 0.1) is 19.3 Å². The second-order valence-electron chi connectivity index (χ2n) is 10.1. The first-order valence-electron chi connectivity index (χ1n) is 10.4. The monoisotopic (exact) mass is 401 g/mol. The molecule has 0 fully saturated rings. The normalized spacial score (nSPS) is 14.7. The van der Waals surface area contributed by atoms with Gasteiger partial charge in [-0.25, -0.2) is 0 Å². The summed E-state index contributed by atoms with van der Waals surface area (Å²) in [5.41, 5.74) is 8.74. The highest BCUT2D eigenvalue weighted by atomic mass is 28.4. The van der Waals surface area contributed by atoms with E-state index in [9.17, 15) is 0 Å². The summed E-state index contributed by atoms with van der Waals surface area (Å²) in [5, 5.41) is 1.39. The minimum atomic E-state index is -2.10. The molecule has 0 saturated heterocycles. The first kappa shape index (κ1) is 19.9. The molecule has 3 heteroatoms. The van der Waals surface area contributed by atoms with Gasteiger partial charge in [0, 0.05) is 17.3 Å². The molecule has 1 aromatic heterocycles. The summed E-state index contributed by atoms with van der Waals surface area (Å²) < 4.78 is 6.77. The molecular formula is C26H31NOSi. The van der Waals surface area contributed by atoms with Crippen molar-refractivity contribution in [3.63, 3.8) is 0 Å². The number of aromatic nitrogens is 1. The third-order valence-corrected chi connectivity index (χ3v) is 7.94. The second kappa shape index (κ2) is 6.84. The molecule has 0 saturated carbocycles. The van der Waals surface area contributed by atoms with E-state index in [-0.39, 0.29) is 5.41 Å². The van der Waals surface area contributed by atoms with Gasteiger partial charge in [0.05, 0.1) is 0 Å². The smallest absolute Gasteiger partial charge is 0.277 e. The Bertz CT molecular complexity index is 1070. The second-order valence-corrected chi connectivity index (χ2v) is 13.9. The molecule has 29 heavy (non-hydrogen) atoms. The minimum Gasteiger partial charge on any atom is -0.538 e. The van der Waals surface area contributed by atoms with Crippen molar-refractivity contribution < 1.29 is 4.43 Å². The van der Waals surface area contributed by atoms with E-state index in [0.717, 1.165) is 23.4 Å². The number of hydrogen-bond donors (Lipinski definition) is 0. The maximum atomic E-state index is 6.77. The van der Waals surface area contributed by atoms with Gasteiger partial charge in [-0.2, -0.15) is 0 Å². The van der Waals surface area contributed by atoms with Crippen LogP contribution in [0.4, 0.5) is 0 Å². The number of benzene rings is 2. The van der Waals surface area contributed by atoms with E-state index >= 15 is 0 Å². The van der Waals surface area contributed by atoms with Gasteiger partial charge in [-0.1, -0.05) is 56.2 Å². The Morgan fingerprint density at radius 1 is 0.897 bits per heavy atom. The van der Waals surface area contributed by atoms with Crippen LogP contribution in [0.5, 0.6) is 5.75 Å². The van der Waals surface area contributed by atoms with Crippen LogP contribution in [0.15, 0.2) is 48.7 Å². The molecule has 1 aliphatic heterocycles. The van der Waals surface area contributed by atoms with Crippen LogP contribution in [0.3, 0.4) is 0 Å².